The Hall–Kier alpha value is -2.34. The van der Waals surface area contributed by atoms with Gasteiger partial charge in [-0.1, -0.05) is 46.3 Å². The third-order valence-electron chi connectivity index (χ3n) is 3.39. The molecule has 3 rings (SSSR count). The van der Waals surface area contributed by atoms with Crippen LogP contribution in [0.15, 0.2) is 42.5 Å². The number of carbonyl (C=O) groups is 2. The first-order valence-corrected chi connectivity index (χ1v) is 8.16. The molecule has 23 heavy (non-hydrogen) atoms. The van der Waals surface area contributed by atoms with E-state index >= 15 is 0 Å². The van der Waals surface area contributed by atoms with Gasteiger partial charge in [0.2, 0.25) is 0 Å². The molecule has 2 aromatic carbocycles. The van der Waals surface area contributed by atoms with Crippen LogP contribution in [0.2, 0.25) is 0 Å². The maximum absolute atomic E-state index is 12.0. The van der Waals surface area contributed by atoms with Crippen molar-refractivity contribution in [1.82, 2.24) is 0 Å². The molecule has 0 spiro atoms. The highest BCUT2D eigenvalue weighted by Gasteiger charge is 2.25. The molecule has 0 aromatic heterocycles. The van der Waals surface area contributed by atoms with Crippen LogP contribution >= 0.6 is 15.9 Å². The monoisotopic (exact) mass is 375 g/mol. The number of amides is 1. The minimum absolute atomic E-state index is 0.113. The van der Waals surface area contributed by atoms with Crippen LogP contribution in [-0.2, 0) is 11.4 Å². The van der Waals surface area contributed by atoms with Crippen molar-refractivity contribution >= 4 is 33.3 Å². The van der Waals surface area contributed by atoms with Gasteiger partial charge in [-0.2, -0.15) is 0 Å². The number of hydrogen-bond donors (Lipinski definition) is 1. The largest absolute Gasteiger partial charge is 0.487 e. The molecular formula is C17H14BrNO4. The summed E-state index contributed by atoms with van der Waals surface area (Å²) in [7, 11) is 0. The van der Waals surface area contributed by atoms with Gasteiger partial charge in [-0.15, -0.1) is 0 Å². The molecule has 0 atom stereocenters. The zero-order chi connectivity index (χ0) is 16.2. The van der Waals surface area contributed by atoms with E-state index in [4.69, 9.17) is 9.47 Å². The first kappa shape index (κ1) is 15.6. The molecule has 0 saturated heterocycles. The van der Waals surface area contributed by atoms with Crippen LogP contribution in [0.3, 0.4) is 0 Å². The molecule has 0 radical (unpaired) electrons. The Labute approximate surface area is 141 Å². The quantitative estimate of drug-likeness (QED) is 0.643. The number of halogens is 1. The summed E-state index contributed by atoms with van der Waals surface area (Å²) in [6, 6.07) is 13.0. The maximum Gasteiger partial charge on any atom is 0.262 e. The number of alkyl halides is 1. The lowest BCUT2D eigenvalue weighted by Gasteiger charge is -2.23. The van der Waals surface area contributed by atoms with E-state index in [-0.39, 0.29) is 23.6 Å². The molecule has 0 unspecified atom stereocenters. The first-order valence-electron chi connectivity index (χ1n) is 7.04. The highest BCUT2D eigenvalue weighted by atomic mass is 79.9. The van der Waals surface area contributed by atoms with Crippen LogP contribution < -0.4 is 14.8 Å². The summed E-state index contributed by atoms with van der Waals surface area (Å²) < 4.78 is 11.2. The minimum Gasteiger partial charge on any atom is -0.487 e. The lowest BCUT2D eigenvalue weighted by molar-refractivity contribution is -0.118. The van der Waals surface area contributed by atoms with Crippen molar-refractivity contribution in [2.45, 2.75) is 6.61 Å². The summed E-state index contributed by atoms with van der Waals surface area (Å²) >= 11 is 3.15. The van der Waals surface area contributed by atoms with E-state index < -0.39 is 0 Å². The van der Waals surface area contributed by atoms with Gasteiger partial charge in [0, 0.05) is 0 Å². The number of fused-ring (bicyclic) bond motifs is 1. The highest BCUT2D eigenvalue weighted by molar-refractivity contribution is 9.09. The summed E-state index contributed by atoms with van der Waals surface area (Å²) in [6.07, 6.45) is 0. The molecule has 0 aliphatic carbocycles. The summed E-state index contributed by atoms with van der Waals surface area (Å²) in [5.41, 5.74) is 1.83. The van der Waals surface area contributed by atoms with E-state index in [0.717, 1.165) is 5.56 Å². The van der Waals surface area contributed by atoms with Gasteiger partial charge >= 0.3 is 0 Å². The standard InChI is InChI=1S/C17H14BrNO4/c18-8-13(20)12-6-7-14(16-17(12)23-10-15(21)19-16)22-9-11-4-2-1-3-5-11/h1-7H,8-10H2,(H,19,21). The number of hydrogen-bond acceptors (Lipinski definition) is 4. The van der Waals surface area contributed by atoms with Gasteiger partial charge in [-0.3, -0.25) is 9.59 Å². The van der Waals surface area contributed by atoms with Gasteiger partial charge in [0.15, 0.2) is 18.1 Å². The van der Waals surface area contributed by atoms with Gasteiger partial charge in [-0.25, -0.2) is 0 Å². The Morgan fingerprint density at radius 3 is 2.74 bits per heavy atom. The second kappa shape index (κ2) is 6.83. The van der Waals surface area contributed by atoms with Crippen LogP contribution in [0, 0.1) is 0 Å². The molecule has 1 aliphatic rings. The second-order valence-corrected chi connectivity index (χ2v) is 5.54. The van der Waals surface area contributed by atoms with Crippen molar-refractivity contribution in [2.75, 3.05) is 17.3 Å². The number of benzene rings is 2. The molecule has 5 nitrogen and oxygen atoms in total. The van der Waals surface area contributed by atoms with Crippen molar-refractivity contribution < 1.29 is 19.1 Å². The lowest BCUT2D eigenvalue weighted by Crippen LogP contribution is -2.27. The number of nitrogens with one attached hydrogen (secondary N) is 1. The van der Waals surface area contributed by atoms with E-state index in [1.165, 1.54) is 0 Å². The fourth-order valence-electron chi connectivity index (χ4n) is 2.29. The molecule has 0 bridgehead atoms. The molecule has 1 aliphatic heterocycles. The van der Waals surface area contributed by atoms with Crippen molar-refractivity contribution in [2.24, 2.45) is 0 Å². The molecule has 1 N–H and O–H groups in total. The summed E-state index contributed by atoms with van der Waals surface area (Å²) in [4.78, 5) is 23.6. The number of anilines is 1. The smallest absolute Gasteiger partial charge is 0.262 e. The summed E-state index contributed by atoms with van der Waals surface area (Å²) in [5.74, 6) is 0.445. The SMILES string of the molecule is O=C1COc2c(C(=O)CBr)ccc(OCc3ccccc3)c2N1. The van der Waals surface area contributed by atoms with Crippen LogP contribution in [0.1, 0.15) is 15.9 Å². The zero-order valence-corrected chi connectivity index (χ0v) is 13.8. The molecule has 0 saturated carbocycles. The third-order valence-corrected chi connectivity index (χ3v) is 3.90. The van der Waals surface area contributed by atoms with Crippen molar-refractivity contribution in [3.63, 3.8) is 0 Å². The van der Waals surface area contributed by atoms with Crippen molar-refractivity contribution in [3.05, 3.63) is 53.6 Å². The summed E-state index contributed by atoms with van der Waals surface area (Å²) in [6.45, 7) is 0.243. The van der Waals surface area contributed by atoms with Gasteiger partial charge in [0.05, 0.1) is 10.9 Å². The van der Waals surface area contributed by atoms with E-state index in [1.54, 1.807) is 12.1 Å². The van der Waals surface area contributed by atoms with Gasteiger partial charge < -0.3 is 14.8 Å². The van der Waals surface area contributed by atoms with Crippen LogP contribution in [0.5, 0.6) is 11.5 Å². The number of rotatable bonds is 5. The summed E-state index contributed by atoms with van der Waals surface area (Å²) in [5, 5.41) is 2.91. The second-order valence-electron chi connectivity index (χ2n) is 4.98. The average Bonchev–Trinajstić information content (AvgIpc) is 2.59. The molecular weight excluding hydrogens is 362 g/mol. The Morgan fingerprint density at radius 1 is 1.22 bits per heavy atom. The normalized spacial score (nSPS) is 12.8. The van der Waals surface area contributed by atoms with E-state index in [1.807, 2.05) is 30.3 Å². The predicted molar refractivity (Wildman–Crippen MR) is 89.5 cm³/mol. The number of Topliss-reactive ketones (excluding diaryl/α,β-unsaturated/α-hetero) is 1. The number of ketones is 1. The van der Waals surface area contributed by atoms with Gasteiger partial charge in [0.25, 0.3) is 5.91 Å². The Morgan fingerprint density at radius 2 is 2.00 bits per heavy atom. The highest BCUT2D eigenvalue weighted by Crippen LogP contribution is 2.40. The lowest BCUT2D eigenvalue weighted by atomic mass is 10.1. The molecule has 1 amide bonds. The van der Waals surface area contributed by atoms with Crippen molar-refractivity contribution in [1.29, 1.82) is 0 Å². The Bertz CT molecular complexity index is 746. The van der Waals surface area contributed by atoms with Crippen molar-refractivity contribution in [3.8, 4) is 11.5 Å². The molecule has 2 aromatic rings. The number of ether oxygens (including phenoxy) is 2. The fourth-order valence-corrected chi connectivity index (χ4v) is 2.60. The fraction of sp³-hybridized carbons (Fsp3) is 0.176. The van der Waals surface area contributed by atoms with Crippen LogP contribution in [0.25, 0.3) is 0 Å². The van der Waals surface area contributed by atoms with Crippen LogP contribution in [0.4, 0.5) is 5.69 Å². The van der Waals surface area contributed by atoms with E-state index in [0.29, 0.717) is 29.4 Å². The molecule has 6 heteroatoms. The van der Waals surface area contributed by atoms with E-state index in [9.17, 15) is 9.59 Å². The van der Waals surface area contributed by atoms with E-state index in [2.05, 4.69) is 21.2 Å². The molecule has 118 valence electrons. The maximum atomic E-state index is 12.0. The topological polar surface area (TPSA) is 64.6 Å². The zero-order valence-electron chi connectivity index (χ0n) is 12.2. The number of carbonyl (C=O) groups excluding carboxylic acids is 2. The third kappa shape index (κ3) is 3.37. The Kier molecular flexibility index (Phi) is 4.62. The predicted octanol–water partition coefficient (Wildman–Crippen LogP) is 3.17. The molecule has 1 heterocycles. The van der Waals surface area contributed by atoms with Gasteiger partial charge in [-0.05, 0) is 17.7 Å². The molecule has 0 fully saturated rings. The van der Waals surface area contributed by atoms with Crippen LogP contribution in [-0.4, -0.2) is 23.6 Å². The first-order chi connectivity index (χ1) is 11.2. The minimum atomic E-state index is -0.273. The average molecular weight is 376 g/mol. The van der Waals surface area contributed by atoms with Gasteiger partial charge in [0.1, 0.15) is 18.0 Å². The Balaban J connectivity index is 1.91.